The van der Waals surface area contributed by atoms with Crippen molar-refractivity contribution in [3.05, 3.63) is 105 Å². The lowest BCUT2D eigenvalue weighted by Crippen LogP contribution is -2.40. The number of allylic oxidation sites excluding steroid dienone is 1. The standard InChI is InChI=1S/C40H38O12/c1-19-14-27(35(37(49)23-7-4-20(41)16-29(23)45)33(15-19)51-32-11-6-22(43)18-31(32)47)34-28(44)10-9-25-36(48)26(12-13-40(2,3)50)38(52-39(25)34)24-8-5-21(42)17-30(24)46/h4-11,14,16-18,27,33,35,41-47,50H,12-13,15H2,1-3H3/t27-,33-,35-/m1/s1. The van der Waals surface area contributed by atoms with Crippen molar-refractivity contribution >= 4 is 16.8 Å². The van der Waals surface area contributed by atoms with Crippen LogP contribution in [0.3, 0.4) is 0 Å². The first kappa shape index (κ1) is 35.7. The molecule has 0 radical (unpaired) electrons. The molecule has 0 saturated carbocycles. The van der Waals surface area contributed by atoms with E-state index in [0.717, 1.165) is 18.2 Å². The summed E-state index contributed by atoms with van der Waals surface area (Å²) in [4.78, 5) is 28.9. The quantitative estimate of drug-likeness (QED) is 0.0609. The van der Waals surface area contributed by atoms with Crippen molar-refractivity contribution in [2.45, 2.75) is 57.7 Å². The Morgan fingerprint density at radius 1 is 0.827 bits per heavy atom. The fourth-order valence-corrected chi connectivity index (χ4v) is 6.76. The number of ether oxygens (including phenoxy) is 1. The Bertz CT molecular complexity index is 2300. The number of rotatable bonds is 9. The molecule has 1 aliphatic rings. The average molecular weight is 711 g/mol. The SMILES string of the molecule is CC1=C[C@H](c2c(O)ccc3c(=O)c(CCC(C)(C)O)c(-c4ccc(O)cc4O)oc23)[C@@H](C(=O)c2ccc(O)cc2O)[C@H](Oc2ccc(O)cc2O)C1. The maximum absolute atomic E-state index is 14.6. The van der Waals surface area contributed by atoms with Crippen LogP contribution in [0.5, 0.6) is 46.0 Å². The van der Waals surface area contributed by atoms with Gasteiger partial charge >= 0.3 is 0 Å². The summed E-state index contributed by atoms with van der Waals surface area (Å²) in [7, 11) is 0. The third-order valence-corrected chi connectivity index (χ3v) is 9.26. The van der Waals surface area contributed by atoms with Crippen LogP contribution in [0.25, 0.3) is 22.3 Å². The van der Waals surface area contributed by atoms with Gasteiger partial charge in [0.25, 0.3) is 0 Å². The molecule has 0 bridgehead atoms. The number of fused-ring (bicyclic) bond motifs is 1. The molecule has 12 heteroatoms. The van der Waals surface area contributed by atoms with Crippen molar-refractivity contribution in [1.29, 1.82) is 0 Å². The fraction of sp³-hybridized carbons (Fsp3) is 0.250. The summed E-state index contributed by atoms with van der Waals surface area (Å²) in [5.74, 6) is -5.57. The zero-order valence-corrected chi connectivity index (χ0v) is 28.5. The number of Topliss-reactive ketones (excluding diaryl/α,β-unsaturated/α-hetero) is 1. The van der Waals surface area contributed by atoms with E-state index in [1.165, 1.54) is 48.5 Å². The van der Waals surface area contributed by atoms with E-state index in [2.05, 4.69) is 0 Å². The smallest absolute Gasteiger partial charge is 0.196 e. The number of aromatic hydroxyl groups is 7. The summed E-state index contributed by atoms with van der Waals surface area (Å²) in [5, 5.41) is 84.3. The molecular formula is C40H38O12. The van der Waals surface area contributed by atoms with Crippen molar-refractivity contribution in [2.75, 3.05) is 0 Å². The first-order valence-electron chi connectivity index (χ1n) is 16.5. The van der Waals surface area contributed by atoms with E-state index in [1.54, 1.807) is 26.8 Å². The summed E-state index contributed by atoms with van der Waals surface area (Å²) in [6, 6.07) is 13.6. The number of phenolic OH excluding ortho intramolecular Hbond substituents is 7. The number of phenols is 7. The fourth-order valence-electron chi connectivity index (χ4n) is 6.76. The van der Waals surface area contributed by atoms with E-state index in [4.69, 9.17) is 9.15 Å². The highest BCUT2D eigenvalue weighted by Gasteiger charge is 2.43. The highest BCUT2D eigenvalue weighted by molar-refractivity contribution is 6.02. The highest BCUT2D eigenvalue weighted by atomic mass is 16.5. The summed E-state index contributed by atoms with van der Waals surface area (Å²) in [5.41, 5.74) is -1.10. The first-order chi connectivity index (χ1) is 24.5. The summed E-state index contributed by atoms with van der Waals surface area (Å²) < 4.78 is 12.7. The van der Waals surface area contributed by atoms with Crippen LogP contribution in [0.4, 0.5) is 0 Å². The van der Waals surface area contributed by atoms with Crippen molar-refractivity contribution in [1.82, 2.24) is 0 Å². The monoisotopic (exact) mass is 710 g/mol. The third kappa shape index (κ3) is 6.93. The first-order valence-corrected chi connectivity index (χ1v) is 16.5. The zero-order chi connectivity index (χ0) is 37.6. The maximum Gasteiger partial charge on any atom is 0.196 e. The van der Waals surface area contributed by atoms with Gasteiger partial charge in [-0.15, -0.1) is 0 Å². The van der Waals surface area contributed by atoms with Gasteiger partial charge in [-0.25, -0.2) is 0 Å². The number of hydrogen-bond donors (Lipinski definition) is 8. The molecule has 6 rings (SSSR count). The zero-order valence-electron chi connectivity index (χ0n) is 28.5. The number of carbonyl (C=O) groups is 1. The molecule has 1 aromatic heterocycles. The second-order valence-electron chi connectivity index (χ2n) is 13.8. The molecule has 0 aliphatic heterocycles. The topological polar surface area (TPSA) is 218 Å². The normalized spacial score (nSPS) is 17.5. The van der Waals surface area contributed by atoms with E-state index in [-0.39, 0.29) is 87.0 Å². The Balaban J connectivity index is 1.62. The Morgan fingerprint density at radius 2 is 1.46 bits per heavy atom. The summed E-state index contributed by atoms with van der Waals surface area (Å²) >= 11 is 0. The Morgan fingerprint density at radius 3 is 2.10 bits per heavy atom. The van der Waals surface area contributed by atoms with E-state index < -0.39 is 52.0 Å². The number of benzene rings is 4. The average Bonchev–Trinajstić information content (AvgIpc) is 3.04. The molecular weight excluding hydrogens is 672 g/mol. The van der Waals surface area contributed by atoms with Gasteiger partial charge in [0, 0.05) is 41.7 Å². The third-order valence-electron chi connectivity index (χ3n) is 9.26. The predicted molar refractivity (Wildman–Crippen MR) is 190 cm³/mol. The Labute approximate surface area is 297 Å². The number of ketones is 1. The largest absolute Gasteiger partial charge is 0.508 e. The molecule has 1 heterocycles. The molecule has 5 aromatic rings. The molecule has 12 nitrogen and oxygen atoms in total. The van der Waals surface area contributed by atoms with E-state index in [0.29, 0.717) is 5.57 Å². The summed E-state index contributed by atoms with van der Waals surface area (Å²) in [6.45, 7) is 4.94. The molecule has 1 aliphatic carbocycles. The molecule has 8 N–H and O–H groups in total. The van der Waals surface area contributed by atoms with E-state index >= 15 is 0 Å². The van der Waals surface area contributed by atoms with E-state index in [9.17, 15) is 50.4 Å². The Hall–Kier alpha value is -6.14. The minimum atomic E-state index is -1.26. The van der Waals surface area contributed by atoms with Crippen LogP contribution in [-0.2, 0) is 6.42 Å². The molecule has 0 unspecified atom stereocenters. The molecule has 0 amide bonds. The van der Waals surface area contributed by atoms with Crippen molar-refractivity contribution in [3.63, 3.8) is 0 Å². The van der Waals surface area contributed by atoms with Crippen molar-refractivity contribution in [2.24, 2.45) is 5.92 Å². The van der Waals surface area contributed by atoms with Crippen LogP contribution in [0.2, 0.25) is 0 Å². The molecule has 0 fully saturated rings. The molecule has 3 atom stereocenters. The van der Waals surface area contributed by atoms with Gasteiger partial charge in [-0.05, 0) is 82.1 Å². The van der Waals surface area contributed by atoms with Crippen LogP contribution in [0.1, 0.15) is 61.0 Å². The Kier molecular flexibility index (Phi) is 9.28. The van der Waals surface area contributed by atoms with Crippen LogP contribution < -0.4 is 10.2 Å². The molecule has 4 aromatic carbocycles. The van der Waals surface area contributed by atoms with Gasteiger partial charge in [0.2, 0.25) is 0 Å². The predicted octanol–water partition coefficient (Wildman–Crippen LogP) is 6.48. The summed E-state index contributed by atoms with van der Waals surface area (Å²) in [6.07, 6.45) is 0.975. The lowest BCUT2D eigenvalue weighted by atomic mass is 9.71. The van der Waals surface area contributed by atoms with Gasteiger partial charge in [-0.2, -0.15) is 0 Å². The second-order valence-corrected chi connectivity index (χ2v) is 13.8. The minimum Gasteiger partial charge on any atom is -0.508 e. The van der Waals surface area contributed by atoms with E-state index in [1.807, 2.05) is 0 Å². The van der Waals surface area contributed by atoms with Gasteiger partial charge < -0.3 is 50.0 Å². The molecule has 270 valence electrons. The lowest BCUT2D eigenvalue weighted by Gasteiger charge is -2.36. The van der Waals surface area contributed by atoms with Crippen molar-refractivity contribution in [3.8, 4) is 57.3 Å². The number of aliphatic hydroxyl groups is 1. The minimum absolute atomic E-state index is 0.0161. The molecule has 0 spiro atoms. The van der Waals surface area contributed by atoms with Crippen LogP contribution in [-0.4, -0.2) is 58.3 Å². The van der Waals surface area contributed by atoms with Gasteiger partial charge in [0.05, 0.1) is 28.0 Å². The van der Waals surface area contributed by atoms with Crippen LogP contribution in [0, 0.1) is 5.92 Å². The number of carbonyl (C=O) groups excluding carboxylic acids is 1. The van der Waals surface area contributed by atoms with Gasteiger partial charge in [0.15, 0.2) is 22.7 Å². The highest BCUT2D eigenvalue weighted by Crippen LogP contribution is 2.48. The van der Waals surface area contributed by atoms with Crippen molar-refractivity contribution < 1.29 is 54.8 Å². The second kappa shape index (κ2) is 13.5. The van der Waals surface area contributed by atoms with Gasteiger partial charge in [0.1, 0.15) is 51.9 Å². The maximum atomic E-state index is 14.6. The lowest BCUT2D eigenvalue weighted by molar-refractivity contribution is 0.0680. The van der Waals surface area contributed by atoms with Gasteiger partial charge in [-0.3, -0.25) is 9.59 Å². The van der Waals surface area contributed by atoms with Crippen LogP contribution in [0.15, 0.2) is 87.6 Å². The van der Waals surface area contributed by atoms with Gasteiger partial charge in [-0.1, -0.05) is 11.6 Å². The molecule has 0 saturated heterocycles. The number of hydrogen-bond acceptors (Lipinski definition) is 12. The molecule has 52 heavy (non-hydrogen) atoms. The van der Waals surface area contributed by atoms with Crippen LogP contribution >= 0.6 is 0 Å².